The van der Waals surface area contributed by atoms with Crippen molar-refractivity contribution in [3.05, 3.63) is 23.8 Å². The lowest BCUT2D eigenvalue weighted by molar-refractivity contribution is 0.414. The fourth-order valence-corrected chi connectivity index (χ4v) is 2.27. The van der Waals surface area contributed by atoms with Crippen molar-refractivity contribution in [1.82, 2.24) is 0 Å². The number of nitrogens with zero attached hydrogens (tertiary/aromatic N) is 1. The molecule has 1 saturated heterocycles. The third kappa shape index (κ3) is 2.14. The molecule has 1 heterocycles. The van der Waals surface area contributed by atoms with Crippen molar-refractivity contribution >= 4 is 5.69 Å². The largest absolute Gasteiger partial charge is 0.497 e. The molecule has 0 aliphatic carbocycles. The molecule has 0 spiro atoms. The van der Waals surface area contributed by atoms with Gasteiger partial charge in [-0.25, -0.2) is 0 Å². The van der Waals surface area contributed by atoms with E-state index >= 15 is 0 Å². The van der Waals surface area contributed by atoms with Gasteiger partial charge < -0.3 is 15.4 Å². The maximum atomic E-state index is 6.02. The third-order valence-corrected chi connectivity index (χ3v) is 3.17. The van der Waals surface area contributed by atoms with Crippen molar-refractivity contribution in [3.8, 4) is 5.75 Å². The predicted octanol–water partition coefficient (Wildman–Crippen LogP) is 2.32. The molecule has 0 saturated carbocycles. The van der Waals surface area contributed by atoms with Crippen LogP contribution in [0.2, 0.25) is 0 Å². The number of benzene rings is 1. The Bertz CT molecular complexity index is 357. The summed E-state index contributed by atoms with van der Waals surface area (Å²) in [6.45, 7) is 4.31. The number of hydrogen-bond donors (Lipinski definition) is 1. The van der Waals surface area contributed by atoms with Crippen LogP contribution in [0.3, 0.4) is 0 Å². The van der Waals surface area contributed by atoms with Crippen LogP contribution in [0.1, 0.15) is 31.4 Å². The SMILES string of the molecule is COc1ccc(N2CCCC2)c(C(C)N)c1. The summed E-state index contributed by atoms with van der Waals surface area (Å²) in [5.74, 6) is 0.884. The van der Waals surface area contributed by atoms with Crippen LogP contribution in [0.4, 0.5) is 5.69 Å². The van der Waals surface area contributed by atoms with Gasteiger partial charge in [-0.15, -0.1) is 0 Å². The molecular formula is C13H20N2O. The summed E-state index contributed by atoms with van der Waals surface area (Å²) in [4.78, 5) is 2.41. The summed E-state index contributed by atoms with van der Waals surface area (Å²) in [6.07, 6.45) is 2.56. The van der Waals surface area contributed by atoms with Gasteiger partial charge in [-0.2, -0.15) is 0 Å². The fraction of sp³-hybridized carbons (Fsp3) is 0.538. The molecule has 1 aliphatic heterocycles. The first-order chi connectivity index (χ1) is 7.72. The predicted molar refractivity (Wildman–Crippen MR) is 67.0 cm³/mol. The first-order valence-electron chi connectivity index (χ1n) is 5.91. The number of hydrogen-bond acceptors (Lipinski definition) is 3. The van der Waals surface area contributed by atoms with E-state index in [1.165, 1.54) is 24.1 Å². The topological polar surface area (TPSA) is 38.5 Å². The minimum Gasteiger partial charge on any atom is -0.497 e. The summed E-state index contributed by atoms with van der Waals surface area (Å²) in [7, 11) is 1.69. The Morgan fingerprint density at radius 1 is 1.31 bits per heavy atom. The molecule has 0 aromatic heterocycles. The quantitative estimate of drug-likeness (QED) is 0.849. The van der Waals surface area contributed by atoms with E-state index in [1.807, 2.05) is 13.0 Å². The van der Waals surface area contributed by atoms with E-state index in [1.54, 1.807) is 7.11 Å². The molecule has 1 atom stereocenters. The molecule has 1 unspecified atom stereocenters. The summed E-state index contributed by atoms with van der Waals surface area (Å²) in [6, 6.07) is 6.24. The second-order valence-electron chi connectivity index (χ2n) is 4.41. The number of rotatable bonds is 3. The Labute approximate surface area is 97.2 Å². The van der Waals surface area contributed by atoms with E-state index in [2.05, 4.69) is 17.0 Å². The Kier molecular flexibility index (Phi) is 3.34. The van der Waals surface area contributed by atoms with E-state index in [9.17, 15) is 0 Å². The maximum Gasteiger partial charge on any atom is 0.119 e. The molecule has 1 aromatic carbocycles. The molecule has 1 fully saturated rings. The molecule has 0 bridgehead atoms. The van der Waals surface area contributed by atoms with Crippen LogP contribution in [-0.4, -0.2) is 20.2 Å². The minimum absolute atomic E-state index is 0.0469. The Balaban J connectivity index is 2.35. The average molecular weight is 220 g/mol. The lowest BCUT2D eigenvalue weighted by Gasteiger charge is -2.23. The lowest BCUT2D eigenvalue weighted by Crippen LogP contribution is -2.21. The van der Waals surface area contributed by atoms with Gasteiger partial charge in [0.05, 0.1) is 7.11 Å². The molecule has 3 nitrogen and oxygen atoms in total. The standard InChI is InChI=1S/C13H20N2O/c1-10(14)12-9-11(16-2)5-6-13(12)15-7-3-4-8-15/h5-6,9-10H,3-4,7-8,14H2,1-2H3. The van der Waals surface area contributed by atoms with Crippen molar-refractivity contribution in [3.63, 3.8) is 0 Å². The second-order valence-corrected chi connectivity index (χ2v) is 4.41. The molecule has 1 aliphatic rings. The van der Waals surface area contributed by atoms with Crippen molar-refractivity contribution in [2.75, 3.05) is 25.1 Å². The molecule has 1 aromatic rings. The average Bonchev–Trinajstić information content (AvgIpc) is 2.81. The molecule has 88 valence electrons. The number of nitrogens with two attached hydrogens (primary N) is 1. The normalized spacial score (nSPS) is 17.6. The second kappa shape index (κ2) is 4.74. The first kappa shape index (κ1) is 11.3. The van der Waals surface area contributed by atoms with E-state index in [4.69, 9.17) is 10.5 Å². The number of anilines is 1. The zero-order valence-corrected chi connectivity index (χ0v) is 10.1. The van der Waals surface area contributed by atoms with Gasteiger partial charge in [-0.05, 0) is 43.5 Å². The highest BCUT2D eigenvalue weighted by Crippen LogP contribution is 2.31. The van der Waals surface area contributed by atoms with E-state index in [0.717, 1.165) is 18.8 Å². The highest BCUT2D eigenvalue weighted by Gasteiger charge is 2.17. The monoisotopic (exact) mass is 220 g/mol. The van der Waals surface area contributed by atoms with Gasteiger partial charge in [0, 0.05) is 24.8 Å². The molecule has 3 heteroatoms. The van der Waals surface area contributed by atoms with Crippen LogP contribution < -0.4 is 15.4 Å². The van der Waals surface area contributed by atoms with Crippen molar-refractivity contribution < 1.29 is 4.74 Å². The zero-order valence-electron chi connectivity index (χ0n) is 10.1. The van der Waals surface area contributed by atoms with Crippen molar-refractivity contribution in [1.29, 1.82) is 0 Å². The number of methoxy groups -OCH3 is 1. The van der Waals surface area contributed by atoms with Crippen LogP contribution in [0.5, 0.6) is 5.75 Å². The molecule has 16 heavy (non-hydrogen) atoms. The third-order valence-electron chi connectivity index (χ3n) is 3.17. The van der Waals surface area contributed by atoms with Gasteiger partial charge in [0.2, 0.25) is 0 Å². The summed E-state index contributed by atoms with van der Waals surface area (Å²) in [5, 5.41) is 0. The summed E-state index contributed by atoms with van der Waals surface area (Å²) < 4.78 is 5.25. The molecule has 2 rings (SSSR count). The molecule has 0 radical (unpaired) electrons. The minimum atomic E-state index is 0.0469. The van der Waals surface area contributed by atoms with Crippen LogP contribution in [0, 0.1) is 0 Å². The Morgan fingerprint density at radius 3 is 2.56 bits per heavy atom. The highest BCUT2D eigenvalue weighted by atomic mass is 16.5. The number of ether oxygens (including phenoxy) is 1. The first-order valence-corrected chi connectivity index (χ1v) is 5.91. The van der Waals surface area contributed by atoms with Gasteiger partial charge in [0.25, 0.3) is 0 Å². The van der Waals surface area contributed by atoms with Gasteiger partial charge >= 0.3 is 0 Å². The molecular weight excluding hydrogens is 200 g/mol. The van der Waals surface area contributed by atoms with Crippen LogP contribution in [0.25, 0.3) is 0 Å². The smallest absolute Gasteiger partial charge is 0.119 e. The zero-order chi connectivity index (χ0) is 11.5. The Morgan fingerprint density at radius 2 is 2.00 bits per heavy atom. The van der Waals surface area contributed by atoms with Gasteiger partial charge in [-0.3, -0.25) is 0 Å². The van der Waals surface area contributed by atoms with Gasteiger partial charge in [0.1, 0.15) is 5.75 Å². The van der Waals surface area contributed by atoms with E-state index < -0.39 is 0 Å². The summed E-state index contributed by atoms with van der Waals surface area (Å²) in [5.41, 5.74) is 8.48. The van der Waals surface area contributed by atoms with E-state index in [0.29, 0.717) is 0 Å². The Hall–Kier alpha value is -1.22. The highest BCUT2D eigenvalue weighted by molar-refractivity contribution is 5.58. The maximum absolute atomic E-state index is 6.02. The van der Waals surface area contributed by atoms with Gasteiger partial charge in [-0.1, -0.05) is 0 Å². The van der Waals surface area contributed by atoms with Gasteiger partial charge in [0.15, 0.2) is 0 Å². The van der Waals surface area contributed by atoms with E-state index in [-0.39, 0.29) is 6.04 Å². The van der Waals surface area contributed by atoms with Crippen LogP contribution in [0.15, 0.2) is 18.2 Å². The molecule has 2 N–H and O–H groups in total. The fourth-order valence-electron chi connectivity index (χ4n) is 2.27. The van der Waals surface area contributed by atoms with Crippen LogP contribution in [-0.2, 0) is 0 Å². The van der Waals surface area contributed by atoms with Crippen LogP contribution >= 0.6 is 0 Å². The van der Waals surface area contributed by atoms with Crippen molar-refractivity contribution in [2.24, 2.45) is 5.73 Å². The van der Waals surface area contributed by atoms with Crippen molar-refractivity contribution in [2.45, 2.75) is 25.8 Å². The lowest BCUT2D eigenvalue weighted by atomic mass is 10.1. The molecule has 0 amide bonds. The summed E-state index contributed by atoms with van der Waals surface area (Å²) >= 11 is 0.